The Morgan fingerprint density at radius 2 is 2.09 bits per heavy atom. The Morgan fingerprint density at radius 3 is 2.18 bits per heavy atom. The number of hydrogen-bond acceptors (Lipinski definition) is 3. The minimum Gasteiger partial charge on any atom is -0.480 e. The minimum absolute atomic E-state index is 0. The Kier molecular flexibility index (Phi) is 8.23. The van der Waals surface area contributed by atoms with Gasteiger partial charge in [-0.25, -0.2) is 4.79 Å². The molecule has 6 heteroatoms. The van der Waals surface area contributed by atoms with E-state index in [1.165, 1.54) is 6.92 Å². The average molecular weight is 358 g/mol. The van der Waals surface area contributed by atoms with E-state index < -0.39 is 12.0 Å². The fourth-order valence-corrected chi connectivity index (χ4v) is 0.678. The topological polar surface area (TPSA) is 66.4 Å². The molecule has 0 aromatic rings. The first-order valence-corrected chi connectivity index (χ1v) is 3.32. The van der Waals surface area contributed by atoms with Crippen molar-refractivity contribution < 1.29 is 35.8 Å². The smallest absolute Gasteiger partial charge is 0.327 e. The molecule has 1 amide bonds. The number of thiol groups is 1. The fourth-order valence-electron chi connectivity index (χ4n) is 0.431. The molecule has 2 N–H and O–H groups in total. The van der Waals surface area contributed by atoms with Crippen molar-refractivity contribution in [2.24, 2.45) is 0 Å². The molecule has 0 fully saturated rings. The van der Waals surface area contributed by atoms with Crippen LogP contribution in [0.25, 0.3) is 0 Å². The van der Waals surface area contributed by atoms with Gasteiger partial charge in [-0.2, -0.15) is 12.6 Å². The first kappa shape index (κ1) is 13.6. The SMILES string of the molecule is CC(=O)N[C@@H](CS)C(=O)O.[Pt]. The molecule has 0 aliphatic carbocycles. The Morgan fingerprint density at radius 1 is 1.64 bits per heavy atom. The molecule has 0 bridgehead atoms. The third-order valence-electron chi connectivity index (χ3n) is 0.858. The summed E-state index contributed by atoms with van der Waals surface area (Å²) in [4.78, 5) is 20.5. The summed E-state index contributed by atoms with van der Waals surface area (Å²) in [6.45, 7) is 1.26. The molecule has 11 heavy (non-hydrogen) atoms. The van der Waals surface area contributed by atoms with E-state index in [-0.39, 0.29) is 32.7 Å². The van der Waals surface area contributed by atoms with Crippen LogP contribution in [0.1, 0.15) is 6.92 Å². The number of rotatable bonds is 3. The first-order chi connectivity index (χ1) is 4.57. The van der Waals surface area contributed by atoms with Crippen LogP contribution in [0.5, 0.6) is 0 Å². The predicted octanol–water partition coefficient (Wildman–Crippen LogP) is -0.497. The molecule has 0 aromatic carbocycles. The number of carboxylic acids is 1. The first-order valence-electron chi connectivity index (χ1n) is 2.68. The van der Waals surface area contributed by atoms with Crippen molar-refractivity contribution in [3.8, 4) is 0 Å². The molecule has 1 atom stereocenters. The van der Waals surface area contributed by atoms with Crippen molar-refractivity contribution in [2.45, 2.75) is 13.0 Å². The molecule has 4 nitrogen and oxygen atoms in total. The van der Waals surface area contributed by atoms with Crippen LogP contribution in [0.3, 0.4) is 0 Å². The normalized spacial score (nSPS) is 11.1. The molecule has 0 spiro atoms. The quantitative estimate of drug-likeness (QED) is 0.596. The zero-order valence-electron chi connectivity index (χ0n) is 5.81. The second-order valence-electron chi connectivity index (χ2n) is 1.77. The van der Waals surface area contributed by atoms with E-state index in [1.807, 2.05) is 0 Å². The number of amides is 1. The summed E-state index contributed by atoms with van der Waals surface area (Å²) in [7, 11) is 0. The number of carbonyl (C=O) groups is 2. The number of carbonyl (C=O) groups excluding carboxylic acids is 1. The molecule has 0 saturated heterocycles. The second kappa shape index (κ2) is 6.67. The van der Waals surface area contributed by atoms with E-state index in [9.17, 15) is 9.59 Å². The van der Waals surface area contributed by atoms with E-state index in [4.69, 9.17) is 5.11 Å². The van der Waals surface area contributed by atoms with Crippen LogP contribution in [0.4, 0.5) is 0 Å². The summed E-state index contributed by atoms with van der Waals surface area (Å²) < 4.78 is 0. The number of hydrogen-bond donors (Lipinski definition) is 3. The van der Waals surface area contributed by atoms with Gasteiger partial charge >= 0.3 is 5.97 Å². The maximum atomic E-state index is 10.3. The van der Waals surface area contributed by atoms with Gasteiger partial charge in [-0.05, 0) is 0 Å². The molecular formula is C5H9NO3PtS. The molecule has 0 aliphatic heterocycles. The molecule has 0 saturated carbocycles. The van der Waals surface area contributed by atoms with Gasteiger partial charge in [-0.1, -0.05) is 0 Å². The Bertz CT molecular complexity index is 153. The van der Waals surface area contributed by atoms with E-state index in [0.29, 0.717) is 0 Å². The zero-order valence-corrected chi connectivity index (χ0v) is 8.98. The van der Waals surface area contributed by atoms with Gasteiger partial charge in [-0.15, -0.1) is 0 Å². The van der Waals surface area contributed by atoms with Gasteiger partial charge in [0.1, 0.15) is 6.04 Å². The second-order valence-corrected chi connectivity index (χ2v) is 2.14. The van der Waals surface area contributed by atoms with E-state index in [2.05, 4.69) is 17.9 Å². The molecule has 0 heterocycles. The largest absolute Gasteiger partial charge is 0.480 e. The van der Waals surface area contributed by atoms with E-state index in [0.717, 1.165) is 0 Å². The Hall–Kier alpha value is -0.0217. The van der Waals surface area contributed by atoms with E-state index >= 15 is 0 Å². The third-order valence-corrected chi connectivity index (χ3v) is 1.22. The molecular weight excluding hydrogens is 349 g/mol. The molecule has 0 aromatic heterocycles. The fraction of sp³-hybridized carbons (Fsp3) is 0.600. The van der Waals surface area contributed by atoms with Gasteiger partial charge in [0, 0.05) is 33.7 Å². The third kappa shape index (κ3) is 6.38. The monoisotopic (exact) mass is 358 g/mol. The Balaban J connectivity index is 0. The summed E-state index contributed by atoms with van der Waals surface area (Å²) in [6, 6.07) is -0.874. The van der Waals surface area contributed by atoms with Crippen LogP contribution in [-0.2, 0) is 30.7 Å². The maximum Gasteiger partial charge on any atom is 0.327 e. The van der Waals surface area contributed by atoms with Crippen molar-refractivity contribution in [2.75, 3.05) is 5.75 Å². The summed E-state index contributed by atoms with van der Waals surface area (Å²) in [5, 5.41) is 10.6. The van der Waals surface area contributed by atoms with Gasteiger partial charge in [0.25, 0.3) is 0 Å². The molecule has 68 valence electrons. The molecule has 0 aliphatic rings. The Labute approximate surface area is 84.4 Å². The minimum atomic E-state index is -1.06. The summed E-state index contributed by atoms with van der Waals surface area (Å²) in [5.74, 6) is -1.32. The summed E-state index contributed by atoms with van der Waals surface area (Å²) in [5.41, 5.74) is 0. The van der Waals surface area contributed by atoms with Crippen molar-refractivity contribution in [1.29, 1.82) is 0 Å². The van der Waals surface area contributed by atoms with Crippen LogP contribution in [0, 0.1) is 0 Å². The summed E-state index contributed by atoms with van der Waals surface area (Å²) >= 11 is 3.73. The predicted molar refractivity (Wildman–Crippen MR) is 39.1 cm³/mol. The van der Waals surface area contributed by atoms with Crippen molar-refractivity contribution in [1.82, 2.24) is 5.32 Å². The zero-order chi connectivity index (χ0) is 8.15. The van der Waals surface area contributed by atoms with Crippen molar-refractivity contribution >= 4 is 24.5 Å². The van der Waals surface area contributed by atoms with Crippen LogP contribution < -0.4 is 5.32 Å². The van der Waals surface area contributed by atoms with Gasteiger partial charge in [0.05, 0.1) is 0 Å². The van der Waals surface area contributed by atoms with Gasteiger partial charge < -0.3 is 10.4 Å². The van der Waals surface area contributed by atoms with Crippen LogP contribution in [0.15, 0.2) is 0 Å². The van der Waals surface area contributed by atoms with Gasteiger partial charge in [0.15, 0.2) is 0 Å². The number of carboxylic acid groups (broad SMARTS) is 1. The number of nitrogens with one attached hydrogen (secondary N) is 1. The van der Waals surface area contributed by atoms with Crippen LogP contribution in [-0.4, -0.2) is 28.8 Å². The summed E-state index contributed by atoms with van der Waals surface area (Å²) in [6.07, 6.45) is 0. The molecule has 0 unspecified atom stereocenters. The standard InChI is InChI=1S/C5H9NO3S.Pt/c1-3(7)6-4(2-10)5(8)9;/h4,10H,2H2,1H3,(H,6,7)(H,8,9);/t4-;/m0./s1. The maximum absolute atomic E-state index is 10.3. The number of aliphatic carboxylic acids is 1. The average Bonchev–Trinajstić information content (AvgIpc) is 1.81. The van der Waals surface area contributed by atoms with Crippen molar-refractivity contribution in [3.05, 3.63) is 0 Å². The van der Waals surface area contributed by atoms with E-state index in [1.54, 1.807) is 0 Å². The van der Waals surface area contributed by atoms with Gasteiger partial charge in [0.2, 0.25) is 5.91 Å². The molecule has 0 radical (unpaired) electrons. The van der Waals surface area contributed by atoms with Gasteiger partial charge in [-0.3, -0.25) is 4.79 Å². The molecule has 0 rings (SSSR count). The van der Waals surface area contributed by atoms with Crippen LogP contribution in [0.2, 0.25) is 0 Å². The van der Waals surface area contributed by atoms with Crippen molar-refractivity contribution in [3.63, 3.8) is 0 Å². The van der Waals surface area contributed by atoms with Crippen LogP contribution >= 0.6 is 12.6 Å².